The predicted octanol–water partition coefficient (Wildman–Crippen LogP) is 1.96. The molecule has 0 saturated carbocycles. The molecule has 4 nitrogen and oxygen atoms in total. The van der Waals surface area contributed by atoms with Crippen LogP contribution in [0.25, 0.3) is 0 Å². The fourth-order valence-electron chi connectivity index (χ4n) is 1.97. The van der Waals surface area contributed by atoms with Crippen LogP contribution in [0.1, 0.15) is 12.8 Å². The SMILES string of the molecule is Nc1ccc(Cl)c(NC(=O)CN2CCCC2)c1. The van der Waals surface area contributed by atoms with Gasteiger partial charge in [0.2, 0.25) is 5.91 Å². The quantitative estimate of drug-likeness (QED) is 0.810. The van der Waals surface area contributed by atoms with Crippen molar-refractivity contribution < 1.29 is 4.79 Å². The van der Waals surface area contributed by atoms with Crippen LogP contribution in [0.2, 0.25) is 5.02 Å². The molecule has 92 valence electrons. The monoisotopic (exact) mass is 253 g/mol. The molecule has 0 spiro atoms. The van der Waals surface area contributed by atoms with Crippen molar-refractivity contribution in [1.29, 1.82) is 0 Å². The van der Waals surface area contributed by atoms with Gasteiger partial charge in [0.1, 0.15) is 0 Å². The van der Waals surface area contributed by atoms with Crippen LogP contribution in [0.4, 0.5) is 11.4 Å². The number of carbonyl (C=O) groups excluding carboxylic acids is 1. The molecule has 2 rings (SSSR count). The van der Waals surface area contributed by atoms with Crippen LogP contribution in [0, 0.1) is 0 Å². The van der Waals surface area contributed by atoms with Crippen molar-refractivity contribution >= 4 is 28.9 Å². The largest absolute Gasteiger partial charge is 0.399 e. The lowest BCUT2D eigenvalue weighted by molar-refractivity contribution is -0.117. The van der Waals surface area contributed by atoms with E-state index >= 15 is 0 Å². The van der Waals surface area contributed by atoms with Gasteiger partial charge in [-0.05, 0) is 44.1 Å². The van der Waals surface area contributed by atoms with Gasteiger partial charge in [-0.25, -0.2) is 0 Å². The second kappa shape index (κ2) is 5.38. The molecule has 1 aliphatic heterocycles. The van der Waals surface area contributed by atoms with Crippen LogP contribution in [0.3, 0.4) is 0 Å². The first kappa shape index (κ1) is 12.2. The summed E-state index contributed by atoms with van der Waals surface area (Å²) in [6.07, 6.45) is 2.35. The highest BCUT2D eigenvalue weighted by molar-refractivity contribution is 6.33. The molecule has 1 aromatic rings. The van der Waals surface area contributed by atoms with Gasteiger partial charge in [-0.1, -0.05) is 11.6 Å². The fraction of sp³-hybridized carbons (Fsp3) is 0.417. The first-order valence-corrected chi connectivity index (χ1v) is 6.10. The number of nitrogens with two attached hydrogens (primary N) is 1. The minimum Gasteiger partial charge on any atom is -0.399 e. The van der Waals surface area contributed by atoms with Gasteiger partial charge in [-0.15, -0.1) is 0 Å². The molecule has 3 N–H and O–H groups in total. The highest BCUT2D eigenvalue weighted by Crippen LogP contribution is 2.24. The lowest BCUT2D eigenvalue weighted by atomic mass is 10.3. The lowest BCUT2D eigenvalue weighted by Gasteiger charge is -2.14. The van der Waals surface area contributed by atoms with Crippen molar-refractivity contribution in [2.24, 2.45) is 0 Å². The summed E-state index contributed by atoms with van der Waals surface area (Å²) in [5.74, 6) is -0.0422. The second-order valence-corrected chi connectivity index (χ2v) is 4.68. The zero-order valence-corrected chi connectivity index (χ0v) is 10.3. The van der Waals surface area contributed by atoms with E-state index in [0.717, 1.165) is 13.1 Å². The van der Waals surface area contributed by atoms with Crippen molar-refractivity contribution in [2.75, 3.05) is 30.7 Å². The summed E-state index contributed by atoms with van der Waals surface area (Å²) in [5, 5.41) is 3.29. The smallest absolute Gasteiger partial charge is 0.238 e. The summed E-state index contributed by atoms with van der Waals surface area (Å²) in [7, 11) is 0. The maximum Gasteiger partial charge on any atom is 0.238 e. The van der Waals surface area contributed by atoms with Crippen molar-refractivity contribution in [1.82, 2.24) is 4.90 Å². The van der Waals surface area contributed by atoms with Gasteiger partial charge in [0.05, 0.1) is 17.3 Å². The van der Waals surface area contributed by atoms with E-state index in [1.54, 1.807) is 18.2 Å². The number of nitrogens with zero attached hydrogens (tertiary/aromatic N) is 1. The number of benzene rings is 1. The van der Waals surface area contributed by atoms with E-state index in [-0.39, 0.29) is 5.91 Å². The highest BCUT2D eigenvalue weighted by atomic mass is 35.5. The Bertz CT molecular complexity index is 416. The summed E-state index contributed by atoms with van der Waals surface area (Å²) in [6, 6.07) is 5.06. The minimum atomic E-state index is -0.0422. The molecule has 0 unspecified atom stereocenters. The van der Waals surface area contributed by atoms with E-state index in [4.69, 9.17) is 17.3 Å². The summed E-state index contributed by atoms with van der Waals surface area (Å²) in [6.45, 7) is 2.42. The van der Waals surface area contributed by atoms with Crippen molar-refractivity contribution in [3.05, 3.63) is 23.2 Å². The number of hydrogen-bond acceptors (Lipinski definition) is 3. The maximum absolute atomic E-state index is 11.8. The number of carbonyl (C=O) groups is 1. The van der Waals surface area contributed by atoms with Gasteiger partial charge < -0.3 is 11.1 Å². The number of nitrogens with one attached hydrogen (secondary N) is 1. The highest BCUT2D eigenvalue weighted by Gasteiger charge is 2.15. The Balaban J connectivity index is 1.95. The Morgan fingerprint density at radius 2 is 2.12 bits per heavy atom. The number of amides is 1. The molecule has 0 radical (unpaired) electrons. The van der Waals surface area contributed by atoms with Gasteiger partial charge >= 0.3 is 0 Å². The number of nitrogen functional groups attached to an aromatic ring is 1. The topological polar surface area (TPSA) is 58.4 Å². The van der Waals surface area contributed by atoms with Crippen LogP contribution in [0.5, 0.6) is 0 Å². The Labute approximate surface area is 106 Å². The molecule has 1 aliphatic rings. The molecule has 5 heteroatoms. The molecule has 0 atom stereocenters. The summed E-state index contributed by atoms with van der Waals surface area (Å²) in [4.78, 5) is 13.9. The Morgan fingerprint density at radius 3 is 2.82 bits per heavy atom. The van der Waals surface area contributed by atoms with E-state index in [1.165, 1.54) is 12.8 Å². The van der Waals surface area contributed by atoms with Crippen LogP contribution in [0.15, 0.2) is 18.2 Å². The Morgan fingerprint density at radius 1 is 1.41 bits per heavy atom. The Hall–Kier alpha value is -1.26. The van der Waals surface area contributed by atoms with Crippen LogP contribution in [-0.2, 0) is 4.79 Å². The zero-order valence-electron chi connectivity index (χ0n) is 9.58. The first-order valence-electron chi connectivity index (χ1n) is 5.72. The summed E-state index contributed by atoms with van der Waals surface area (Å²) >= 11 is 5.97. The van der Waals surface area contributed by atoms with E-state index in [9.17, 15) is 4.79 Å². The molecule has 1 saturated heterocycles. The maximum atomic E-state index is 11.8. The molecular weight excluding hydrogens is 238 g/mol. The Kier molecular flexibility index (Phi) is 3.86. The molecule has 0 aromatic heterocycles. The fourth-order valence-corrected chi connectivity index (χ4v) is 2.14. The molecule has 0 aliphatic carbocycles. The minimum absolute atomic E-state index is 0.0422. The molecule has 1 heterocycles. The van der Waals surface area contributed by atoms with Gasteiger partial charge in [0.25, 0.3) is 0 Å². The van der Waals surface area contributed by atoms with Crippen molar-refractivity contribution in [3.8, 4) is 0 Å². The molecule has 1 aromatic carbocycles. The molecule has 1 amide bonds. The zero-order chi connectivity index (χ0) is 12.3. The van der Waals surface area contributed by atoms with Gasteiger partial charge in [-0.3, -0.25) is 9.69 Å². The number of hydrogen-bond donors (Lipinski definition) is 2. The first-order chi connectivity index (χ1) is 8.15. The summed E-state index contributed by atoms with van der Waals surface area (Å²) in [5.41, 5.74) is 6.81. The lowest BCUT2D eigenvalue weighted by Crippen LogP contribution is -2.30. The van der Waals surface area contributed by atoms with Gasteiger partial charge in [-0.2, -0.15) is 0 Å². The molecule has 1 fully saturated rings. The van der Waals surface area contributed by atoms with Crippen LogP contribution < -0.4 is 11.1 Å². The second-order valence-electron chi connectivity index (χ2n) is 4.27. The number of likely N-dealkylation sites (tertiary alicyclic amines) is 1. The molecule has 0 bridgehead atoms. The van der Waals surface area contributed by atoms with E-state index in [2.05, 4.69) is 10.2 Å². The normalized spacial score (nSPS) is 16.1. The number of anilines is 2. The summed E-state index contributed by atoms with van der Waals surface area (Å²) < 4.78 is 0. The standard InChI is InChI=1S/C12H16ClN3O/c13-10-4-3-9(14)7-11(10)15-12(17)8-16-5-1-2-6-16/h3-4,7H,1-2,5-6,8,14H2,(H,15,17). The number of halogens is 1. The van der Waals surface area contributed by atoms with Crippen molar-refractivity contribution in [2.45, 2.75) is 12.8 Å². The van der Waals surface area contributed by atoms with E-state index in [1.807, 2.05) is 0 Å². The third-order valence-electron chi connectivity index (χ3n) is 2.83. The van der Waals surface area contributed by atoms with Crippen LogP contribution in [-0.4, -0.2) is 30.4 Å². The average molecular weight is 254 g/mol. The molecular formula is C12H16ClN3O. The molecule has 17 heavy (non-hydrogen) atoms. The number of rotatable bonds is 3. The van der Waals surface area contributed by atoms with Gasteiger partial charge in [0.15, 0.2) is 0 Å². The van der Waals surface area contributed by atoms with Gasteiger partial charge in [0, 0.05) is 5.69 Å². The predicted molar refractivity (Wildman–Crippen MR) is 70.2 cm³/mol. The van der Waals surface area contributed by atoms with E-state index < -0.39 is 0 Å². The third kappa shape index (κ3) is 3.35. The third-order valence-corrected chi connectivity index (χ3v) is 3.16. The average Bonchev–Trinajstić information content (AvgIpc) is 2.76. The van der Waals surface area contributed by atoms with Crippen molar-refractivity contribution in [3.63, 3.8) is 0 Å². The van der Waals surface area contributed by atoms with Crippen LogP contribution >= 0.6 is 11.6 Å². The van der Waals surface area contributed by atoms with E-state index in [0.29, 0.717) is 22.9 Å².